The van der Waals surface area contributed by atoms with Gasteiger partial charge in [0, 0.05) is 29.0 Å². The van der Waals surface area contributed by atoms with Gasteiger partial charge in [-0.15, -0.1) is 11.8 Å². The topological polar surface area (TPSA) is 77.2 Å². The third-order valence-electron chi connectivity index (χ3n) is 3.74. The number of amides is 1. The second-order valence-electron chi connectivity index (χ2n) is 5.52. The Labute approximate surface area is 156 Å². The molecule has 0 aliphatic carbocycles. The Morgan fingerprint density at radius 3 is 2.77 bits per heavy atom. The maximum absolute atomic E-state index is 12.1. The molecule has 1 heterocycles. The largest absolute Gasteiger partial charge is 0.497 e. The fourth-order valence-electron chi connectivity index (χ4n) is 2.36. The fourth-order valence-corrected chi connectivity index (χ4v) is 2.82. The number of ether oxygens (including phenoxy) is 1. The van der Waals surface area contributed by atoms with E-state index in [1.54, 1.807) is 18.9 Å². The zero-order valence-electron chi connectivity index (χ0n) is 14.6. The Balaban J connectivity index is 1.56. The first-order chi connectivity index (χ1) is 12.7. The Morgan fingerprint density at radius 2 is 2.04 bits per heavy atom. The molecule has 0 bridgehead atoms. The van der Waals surface area contributed by atoms with Crippen molar-refractivity contribution >= 4 is 23.4 Å². The van der Waals surface area contributed by atoms with E-state index in [4.69, 9.17) is 9.26 Å². The molecule has 1 N–H and O–H groups in total. The lowest BCUT2D eigenvalue weighted by Gasteiger charge is -2.05. The van der Waals surface area contributed by atoms with Gasteiger partial charge in [-0.25, -0.2) is 0 Å². The van der Waals surface area contributed by atoms with Crippen molar-refractivity contribution in [1.29, 1.82) is 0 Å². The number of nitrogens with one attached hydrogen (secondary N) is 1. The number of rotatable bonds is 7. The van der Waals surface area contributed by atoms with Crippen LogP contribution in [0, 0.1) is 0 Å². The van der Waals surface area contributed by atoms with Gasteiger partial charge in [-0.3, -0.25) is 4.79 Å². The number of hydrogen-bond donors (Lipinski definition) is 1. The third-order valence-corrected chi connectivity index (χ3v) is 4.46. The van der Waals surface area contributed by atoms with Crippen LogP contribution in [0.2, 0.25) is 0 Å². The molecule has 0 fully saturated rings. The number of thioether (sulfide) groups is 1. The molecule has 1 aromatic heterocycles. The van der Waals surface area contributed by atoms with Gasteiger partial charge in [0.15, 0.2) is 0 Å². The van der Waals surface area contributed by atoms with Crippen molar-refractivity contribution in [3.63, 3.8) is 0 Å². The molecule has 6 nitrogen and oxygen atoms in total. The van der Waals surface area contributed by atoms with Crippen molar-refractivity contribution in [1.82, 2.24) is 10.1 Å². The summed E-state index contributed by atoms with van der Waals surface area (Å²) >= 11 is 1.63. The molecule has 26 heavy (non-hydrogen) atoms. The lowest BCUT2D eigenvalue weighted by Crippen LogP contribution is -2.12. The van der Waals surface area contributed by atoms with Gasteiger partial charge in [0.05, 0.1) is 7.11 Å². The van der Waals surface area contributed by atoms with Crippen molar-refractivity contribution in [3.05, 3.63) is 54.4 Å². The molecule has 7 heteroatoms. The highest BCUT2D eigenvalue weighted by molar-refractivity contribution is 7.98. The van der Waals surface area contributed by atoms with E-state index < -0.39 is 0 Å². The van der Waals surface area contributed by atoms with Crippen molar-refractivity contribution < 1.29 is 14.1 Å². The van der Waals surface area contributed by atoms with Crippen molar-refractivity contribution in [2.75, 3.05) is 18.7 Å². The number of anilines is 1. The lowest BCUT2D eigenvalue weighted by atomic mass is 10.2. The summed E-state index contributed by atoms with van der Waals surface area (Å²) in [6.45, 7) is 0. The van der Waals surface area contributed by atoms with Gasteiger partial charge in [0.25, 0.3) is 0 Å². The molecule has 0 saturated heterocycles. The zero-order valence-corrected chi connectivity index (χ0v) is 15.4. The molecule has 0 radical (unpaired) electrons. The highest BCUT2D eigenvalue weighted by Crippen LogP contribution is 2.21. The van der Waals surface area contributed by atoms with Crippen LogP contribution in [-0.4, -0.2) is 29.4 Å². The van der Waals surface area contributed by atoms with E-state index in [1.807, 2.05) is 54.8 Å². The highest BCUT2D eigenvalue weighted by atomic mass is 32.2. The smallest absolute Gasteiger partial charge is 0.227 e. The zero-order chi connectivity index (χ0) is 18.4. The van der Waals surface area contributed by atoms with E-state index in [0.29, 0.717) is 18.1 Å². The van der Waals surface area contributed by atoms with E-state index >= 15 is 0 Å². The molecule has 0 saturated carbocycles. The number of hydrogen-bond acceptors (Lipinski definition) is 6. The summed E-state index contributed by atoms with van der Waals surface area (Å²) in [5, 5.41) is 6.85. The highest BCUT2D eigenvalue weighted by Gasteiger charge is 2.11. The minimum absolute atomic E-state index is 0.0903. The second kappa shape index (κ2) is 8.53. The number of aryl methyl sites for hydroxylation is 1. The first kappa shape index (κ1) is 18.0. The molecule has 134 valence electrons. The molecule has 3 aromatic rings. The van der Waals surface area contributed by atoms with Gasteiger partial charge in [-0.05, 0) is 48.7 Å². The van der Waals surface area contributed by atoms with Gasteiger partial charge in [-0.2, -0.15) is 4.98 Å². The predicted molar refractivity (Wildman–Crippen MR) is 101 cm³/mol. The molecule has 2 aromatic carbocycles. The van der Waals surface area contributed by atoms with Crippen LogP contribution in [0.25, 0.3) is 11.4 Å². The average molecular weight is 369 g/mol. The Hall–Kier alpha value is -2.80. The van der Waals surface area contributed by atoms with E-state index in [-0.39, 0.29) is 12.3 Å². The number of aromatic nitrogens is 2. The summed E-state index contributed by atoms with van der Waals surface area (Å²) in [7, 11) is 1.61. The molecule has 0 aliphatic heterocycles. The second-order valence-corrected chi connectivity index (χ2v) is 6.40. The standard InChI is InChI=1S/C19H19N3O3S/c1-24-15-8-6-13(7-9-15)19-21-18(25-22-19)11-10-17(23)20-14-4-3-5-16(12-14)26-2/h3-9,12H,10-11H2,1-2H3,(H,20,23). The van der Waals surface area contributed by atoms with Gasteiger partial charge in [0.2, 0.25) is 17.6 Å². The lowest BCUT2D eigenvalue weighted by molar-refractivity contribution is -0.116. The van der Waals surface area contributed by atoms with Crippen LogP contribution in [0.1, 0.15) is 12.3 Å². The van der Waals surface area contributed by atoms with Gasteiger partial charge >= 0.3 is 0 Å². The Kier molecular flexibility index (Phi) is 5.91. The SMILES string of the molecule is COc1ccc(-c2noc(CCC(=O)Nc3cccc(SC)c3)n2)cc1. The van der Waals surface area contributed by atoms with E-state index in [9.17, 15) is 4.79 Å². The molecule has 0 atom stereocenters. The number of carbonyl (C=O) groups excluding carboxylic acids is 1. The fraction of sp³-hybridized carbons (Fsp3) is 0.211. The van der Waals surface area contributed by atoms with E-state index in [1.165, 1.54) is 0 Å². The minimum atomic E-state index is -0.0903. The quantitative estimate of drug-likeness (QED) is 0.634. The van der Waals surface area contributed by atoms with Gasteiger partial charge in [-0.1, -0.05) is 11.2 Å². The van der Waals surface area contributed by atoms with Crippen molar-refractivity contribution in [2.45, 2.75) is 17.7 Å². The van der Waals surface area contributed by atoms with Crippen LogP contribution in [0.15, 0.2) is 57.9 Å². The van der Waals surface area contributed by atoms with Crippen LogP contribution in [0.5, 0.6) is 5.75 Å². The van der Waals surface area contributed by atoms with Gasteiger partial charge < -0.3 is 14.6 Å². The Morgan fingerprint density at radius 1 is 1.23 bits per heavy atom. The summed E-state index contributed by atoms with van der Waals surface area (Å²) in [4.78, 5) is 17.6. The minimum Gasteiger partial charge on any atom is -0.497 e. The molecule has 0 unspecified atom stereocenters. The molecular formula is C19H19N3O3S. The molecule has 3 rings (SSSR count). The van der Waals surface area contributed by atoms with Crippen LogP contribution in [0.3, 0.4) is 0 Å². The van der Waals surface area contributed by atoms with Gasteiger partial charge in [0.1, 0.15) is 5.75 Å². The van der Waals surface area contributed by atoms with Crippen molar-refractivity contribution in [3.8, 4) is 17.1 Å². The summed E-state index contributed by atoms with van der Waals surface area (Å²) in [5.74, 6) is 1.60. The van der Waals surface area contributed by atoms with Crippen LogP contribution in [-0.2, 0) is 11.2 Å². The average Bonchev–Trinajstić information content (AvgIpc) is 3.15. The number of benzene rings is 2. The number of carbonyl (C=O) groups is 1. The molecule has 1 amide bonds. The molecular weight excluding hydrogens is 350 g/mol. The molecule has 0 spiro atoms. The maximum Gasteiger partial charge on any atom is 0.227 e. The summed E-state index contributed by atoms with van der Waals surface area (Å²) < 4.78 is 10.4. The summed E-state index contributed by atoms with van der Waals surface area (Å²) in [6, 6.07) is 15.1. The van der Waals surface area contributed by atoms with Crippen LogP contribution < -0.4 is 10.1 Å². The maximum atomic E-state index is 12.1. The normalized spacial score (nSPS) is 10.5. The van der Waals surface area contributed by atoms with E-state index in [0.717, 1.165) is 21.9 Å². The summed E-state index contributed by atoms with van der Waals surface area (Å²) in [5.41, 5.74) is 1.62. The monoisotopic (exact) mass is 369 g/mol. The Bertz CT molecular complexity index is 878. The number of nitrogens with zero attached hydrogens (tertiary/aromatic N) is 2. The number of methoxy groups -OCH3 is 1. The van der Waals surface area contributed by atoms with Crippen LogP contribution >= 0.6 is 11.8 Å². The molecule has 0 aliphatic rings. The van der Waals surface area contributed by atoms with Crippen LogP contribution in [0.4, 0.5) is 5.69 Å². The third kappa shape index (κ3) is 4.64. The first-order valence-electron chi connectivity index (χ1n) is 8.09. The first-order valence-corrected chi connectivity index (χ1v) is 9.31. The van der Waals surface area contributed by atoms with E-state index in [2.05, 4.69) is 15.5 Å². The van der Waals surface area contributed by atoms with Crippen molar-refractivity contribution in [2.24, 2.45) is 0 Å². The summed E-state index contributed by atoms with van der Waals surface area (Å²) in [6.07, 6.45) is 2.65. The predicted octanol–water partition coefficient (Wildman–Crippen LogP) is 4.04.